The number of amides is 23. The van der Waals surface area contributed by atoms with E-state index in [1.807, 2.05) is 0 Å². The highest BCUT2D eigenvalue weighted by molar-refractivity contribution is 7.98. The minimum Gasteiger partial charge on any atom is -0.394 e. The molecule has 0 unspecified atom stereocenters. The Bertz CT molecular complexity index is 4850. The van der Waals surface area contributed by atoms with Gasteiger partial charge in [0.1, 0.15) is 96.7 Å². The summed E-state index contributed by atoms with van der Waals surface area (Å²) in [4.78, 5) is 310. The molecule has 0 saturated heterocycles. The molecular weight excluding hydrogens is 1970 g/mol. The van der Waals surface area contributed by atoms with Gasteiger partial charge in [-0.25, -0.2) is 0 Å². The minimum absolute atomic E-state index is 0.00220. The van der Waals surface area contributed by atoms with Crippen LogP contribution in [0.2, 0.25) is 0 Å². The number of carbonyl (C=O) groups is 23. The number of hydrogen-bond acceptors (Lipinski definition) is 29. The Labute approximate surface area is 869 Å². The van der Waals surface area contributed by atoms with Gasteiger partial charge in [-0.15, -0.1) is 0 Å². The van der Waals surface area contributed by atoms with E-state index < -0.39 is 303 Å². The van der Waals surface area contributed by atoms with E-state index in [-0.39, 0.29) is 93.3 Å². The zero-order chi connectivity index (χ0) is 113. The first-order valence-electron chi connectivity index (χ1n) is 49.0. The number of thioether (sulfide) groups is 1. The topological polar surface area (TPSA) is 832 Å². The van der Waals surface area contributed by atoms with Crippen LogP contribution in [0.1, 0.15) is 167 Å². The summed E-state index contributed by atoms with van der Waals surface area (Å²) in [7, 11) is 0. The predicted molar refractivity (Wildman–Crippen MR) is 545 cm³/mol. The Morgan fingerprint density at radius 3 is 1.03 bits per heavy atom. The average Bonchev–Trinajstić information content (AvgIpc) is 0.880. The van der Waals surface area contributed by atoms with Crippen molar-refractivity contribution in [2.75, 3.05) is 71.0 Å². The van der Waals surface area contributed by atoms with Crippen molar-refractivity contribution in [3.05, 3.63) is 71.8 Å². The van der Waals surface area contributed by atoms with Crippen molar-refractivity contribution >= 4 is 154 Å². The zero-order valence-corrected chi connectivity index (χ0v) is 88.2. The van der Waals surface area contributed by atoms with Crippen LogP contribution in [0.4, 0.5) is 0 Å². The molecule has 2 aromatic rings. The van der Waals surface area contributed by atoms with E-state index in [2.05, 4.69) is 122 Å². The SMILES string of the molecule is CC[C@H](C)[C@H](NC(=O)CNC(=O)[C@@H](NC(=O)[C@H](C)N)C(C)C)C(=O)NCC(=O)N[C@@H](C)C(=O)N[C@@H](CC(C)C)C(=O)N[C@@H](Cc1ccccc1)C(=O)N[C@@H](CC(C)C)C(=O)NCC(=O)N[C@@H](Cc1ccccc1)C(=O)N[C@@H](CC(C)C)C(=O)NCC(=O)N[C@@H](C)C(=O)N[C@@H](C)C(=O)NCC(=O)N[C@@H](CO)C(=O)N[C@H](C(=O)N[C@@H](CCSC)C(=O)NCC(=O)N[C@@H](C)C(=O)N[C@@H](CCCNC(=N)N)C(=O)N[C@@H](CO)C(N)=O)[C@@H](C)O. The number of aliphatic hydroxyl groups is 3. The number of nitrogens with two attached hydrogens (primary N) is 3. The number of primary amides is 1. The molecule has 2 aromatic carbocycles. The number of rotatable bonds is 68. The van der Waals surface area contributed by atoms with Crippen LogP contribution >= 0.6 is 11.8 Å². The van der Waals surface area contributed by atoms with Crippen molar-refractivity contribution in [2.24, 2.45) is 46.8 Å². The fourth-order valence-corrected chi connectivity index (χ4v) is 14.5. The lowest BCUT2D eigenvalue weighted by Crippen LogP contribution is -2.61. The van der Waals surface area contributed by atoms with Crippen molar-refractivity contribution < 1.29 is 126 Å². The first-order valence-corrected chi connectivity index (χ1v) is 50.4. The van der Waals surface area contributed by atoms with Crippen LogP contribution in [-0.4, -0.2) is 337 Å². The molecule has 53 nitrogen and oxygen atoms in total. The maximum atomic E-state index is 14.6. The molecule has 2 rings (SSSR count). The van der Waals surface area contributed by atoms with E-state index in [1.54, 1.807) is 136 Å². The van der Waals surface area contributed by atoms with Crippen molar-refractivity contribution in [1.29, 1.82) is 5.41 Å². The monoisotopic (exact) mass is 2120 g/mol. The first-order chi connectivity index (χ1) is 69.9. The van der Waals surface area contributed by atoms with E-state index in [0.717, 1.165) is 6.92 Å². The van der Waals surface area contributed by atoms with Gasteiger partial charge in [0.15, 0.2) is 5.96 Å². The Morgan fingerprint density at radius 1 is 0.322 bits per heavy atom. The normalized spacial score (nSPS) is 14.9. The molecule has 19 atom stereocenters. The third-order valence-corrected chi connectivity index (χ3v) is 23.2. The standard InChI is InChI=1S/C95H155N27O26S/c1-18-51(10)76(120-74(131)44-105-92(146)75(50(8)9)121-79(133)52(11)96)93(147)106-41-71(128)109-56(15)83(137)115-64(36-49(6)7)88(142)118-66(38-59-28-23-20-24-29-59)90(144)117-63(35-48(4)5)86(140)104-43-72(129)111-65(37-58-26-21-19-22-27-58)89(143)116-62(34-47(2)3)85(139)103-40-70(127)107-54(13)81(135)110-53(12)80(134)101-42-73(130)112-68(46-124)91(145)122-77(57(16)125)94(148)114-61(31-33-149-17)84(138)102-39-69(126)108-55(14)82(136)113-60(30-25-32-100-95(98)99)87(141)119-67(45-123)78(97)132/h19-24,26-29,47-57,60-68,75-77,123-125H,18,25,30-46,96H2,1-17H3,(H2,97,132)(H,101,134)(H,102,138)(H,103,139)(H,104,140)(H,105,146)(H,106,147)(H,107,127)(H,108,126)(H,109,128)(H,110,135)(H,111,129)(H,112,130)(H,113,136)(H,114,148)(H,115,137)(H,116,143)(H,117,144)(H,118,142)(H,119,141)(H,120,131)(H,121,133)(H,122,145)(H4,98,99,100)/t51-,52-,53-,54-,55-,56-,57+,60-,61-,62-,63-,64-,65-,66-,67-,68-,75-,76-,77-/m0/s1. The number of hydrogen-bond donors (Lipinski definition) is 30. The van der Waals surface area contributed by atoms with Gasteiger partial charge in [-0.1, -0.05) is 136 Å². The van der Waals surface area contributed by atoms with Gasteiger partial charge in [0.2, 0.25) is 136 Å². The Morgan fingerprint density at radius 2 is 0.638 bits per heavy atom. The fourth-order valence-electron chi connectivity index (χ4n) is 14.0. The molecule has 0 heterocycles. The number of guanidine groups is 1. The molecule has 0 saturated carbocycles. The summed E-state index contributed by atoms with van der Waals surface area (Å²) in [5.74, 6) is -22.4. The molecule has 832 valence electrons. The van der Waals surface area contributed by atoms with Gasteiger partial charge in [0.05, 0.1) is 64.6 Å². The predicted octanol–water partition coefficient (Wildman–Crippen LogP) is -9.94. The molecule has 23 amide bonds. The summed E-state index contributed by atoms with van der Waals surface area (Å²) in [5, 5.41) is 93.9. The summed E-state index contributed by atoms with van der Waals surface area (Å²) < 4.78 is 0. The van der Waals surface area contributed by atoms with E-state index in [0.29, 0.717) is 17.5 Å². The molecule has 0 radical (unpaired) electrons. The van der Waals surface area contributed by atoms with Gasteiger partial charge >= 0.3 is 0 Å². The van der Waals surface area contributed by atoms with Crippen molar-refractivity contribution in [1.82, 2.24) is 122 Å². The molecule has 33 N–H and O–H groups in total. The van der Waals surface area contributed by atoms with E-state index in [1.165, 1.54) is 46.4 Å². The van der Waals surface area contributed by atoms with Crippen LogP contribution in [-0.2, 0) is 123 Å². The van der Waals surface area contributed by atoms with Gasteiger partial charge in [-0.3, -0.25) is 116 Å². The lowest BCUT2D eigenvalue weighted by atomic mass is 9.98. The molecular formula is C95H155N27O26S. The molecule has 0 aliphatic carbocycles. The molecule has 0 bridgehead atoms. The first kappa shape index (κ1) is 131. The Kier molecular flexibility index (Phi) is 59.9. The third kappa shape index (κ3) is 51.3. The maximum Gasteiger partial charge on any atom is 0.245 e. The van der Waals surface area contributed by atoms with Gasteiger partial charge in [-0.2, -0.15) is 11.8 Å². The van der Waals surface area contributed by atoms with Crippen molar-refractivity contribution in [3.63, 3.8) is 0 Å². The summed E-state index contributed by atoms with van der Waals surface area (Å²) in [5.41, 5.74) is 17.3. The zero-order valence-electron chi connectivity index (χ0n) is 87.4. The molecule has 149 heavy (non-hydrogen) atoms. The van der Waals surface area contributed by atoms with Gasteiger partial charge in [0.25, 0.3) is 0 Å². The Hall–Kier alpha value is -14.3. The largest absolute Gasteiger partial charge is 0.394 e. The second kappa shape index (κ2) is 68.3. The van der Waals surface area contributed by atoms with E-state index >= 15 is 0 Å². The second-order valence-electron chi connectivity index (χ2n) is 37.5. The number of benzene rings is 2. The second-order valence-corrected chi connectivity index (χ2v) is 38.5. The van der Waals surface area contributed by atoms with Gasteiger partial charge in [-0.05, 0) is 133 Å². The minimum atomic E-state index is -1.85. The summed E-state index contributed by atoms with van der Waals surface area (Å²) in [6.07, 6.45) is 0.0919. The summed E-state index contributed by atoms with van der Waals surface area (Å²) >= 11 is 1.25. The molecule has 54 heteroatoms. The van der Waals surface area contributed by atoms with E-state index in [4.69, 9.17) is 22.6 Å². The highest BCUT2D eigenvalue weighted by Gasteiger charge is 2.39. The average molecular weight is 2120 g/mol. The lowest BCUT2D eigenvalue weighted by molar-refractivity contribution is -0.136. The summed E-state index contributed by atoms with van der Waals surface area (Å²) in [6.45, 7) is 18.6. The number of aliphatic hydroxyl groups excluding tert-OH is 3. The third-order valence-electron chi connectivity index (χ3n) is 22.5. The van der Waals surface area contributed by atoms with E-state index in [9.17, 15) is 126 Å². The summed E-state index contributed by atoms with van der Waals surface area (Å²) in [6, 6.07) is -6.48. The van der Waals surface area contributed by atoms with Crippen LogP contribution in [0, 0.1) is 35.0 Å². The smallest absolute Gasteiger partial charge is 0.245 e. The fraction of sp³-hybridized carbons (Fsp3) is 0.621. The van der Waals surface area contributed by atoms with Crippen LogP contribution in [0.15, 0.2) is 60.7 Å². The van der Waals surface area contributed by atoms with Gasteiger partial charge in [0, 0.05) is 19.4 Å². The number of nitrogens with one attached hydrogen (secondary N) is 24. The maximum absolute atomic E-state index is 14.6. The highest BCUT2D eigenvalue weighted by Crippen LogP contribution is 2.16. The molecule has 0 fully saturated rings. The highest BCUT2D eigenvalue weighted by atomic mass is 32.2. The molecule has 0 aliphatic heterocycles. The quantitative estimate of drug-likeness (QED) is 0.0166. The Balaban J connectivity index is 2.15. The van der Waals surface area contributed by atoms with Crippen LogP contribution in [0.5, 0.6) is 0 Å². The van der Waals surface area contributed by atoms with Crippen molar-refractivity contribution in [2.45, 2.75) is 277 Å². The molecule has 0 aromatic heterocycles. The van der Waals surface area contributed by atoms with Crippen LogP contribution in [0.25, 0.3) is 0 Å². The van der Waals surface area contributed by atoms with Crippen LogP contribution < -0.4 is 139 Å². The molecule has 0 aliphatic rings. The molecule has 0 spiro atoms. The van der Waals surface area contributed by atoms with Gasteiger partial charge < -0.3 is 155 Å². The van der Waals surface area contributed by atoms with Crippen molar-refractivity contribution in [3.8, 4) is 0 Å². The lowest BCUT2D eigenvalue weighted by Gasteiger charge is -2.27. The van der Waals surface area contributed by atoms with Crippen LogP contribution in [0.3, 0.4) is 0 Å². The number of carbonyl (C=O) groups excluding carboxylic acids is 23.